The molecule has 2 saturated heterocycles. The molecule has 0 unspecified atom stereocenters. The lowest BCUT2D eigenvalue weighted by molar-refractivity contribution is -0.0102. The highest BCUT2D eigenvalue weighted by Gasteiger charge is 2.40. The molecule has 6 rings (SSSR count). The van der Waals surface area contributed by atoms with E-state index < -0.39 is 5.60 Å². The molecule has 2 aromatic heterocycles. The summed E-state index contributed by atoms with van der Waals surface area (Å²) in [7, 11) is 1.98. The molecule has 47 heavy (non-hydrogen) atoms. The molecule has 250 valence electrons. The number of fused-ring (bicyclic) bond motifs is 1. The molecular weight excluding hydrogens is 592 g/mol. The molecule has 2 aliphatic heterocycles. The number of hydrogen-bond acceptors (Lipinski definition) is 8. The number of aromatic hydroxyl groups is 1. The summed E-state index contributed by atoms with van der Waals surface area (Å²) in [6.07, 6.45) is 0.773. The largest absolute Gasteiger partial charge is 0.493 e. The van der Waals surface area contributed by atoms with Gasteiger partial charge in [0.1, 0.15) is 17.9 Å². The second-order valence-corrected chi connectivity index (χ2v) is 14.6. The molecule has 4 heterocycles. The van der Waals surface area contributed by atoms with Crippen LogP contribution in [-0.4, -0.2) is 87.2 Å². The van der Waals surface area contributed by atoms with Crippen LogP contribution in [0.1, 0.15) is 46.6 Å². The van der Waals surface area contributed by atoms with Crippen molar-refractivity contribution < 1.29 is 19.4 Å². The Labute approximate surface area is 277 Å². The van der Waals surface area contributed by atoms with Gasteiger partial charge < -0.3 is 24.4 Å². The number of piperidine rings is 1. The van der Waals surface area contributed by atoms with Crippen molar-refractivity contribution in [1.82, 2.24) is 24.6 Å². The molecule has 1 atom stereocenters. The number of nitrogens with zero attached hydrogens (tertiary/aromatic N) is 6. The second-order valence-electron chi connectivity index (χ2n) is 14.6. The zero-order valence-corrected chi connectivity index (χ0v) is 28.6. The molecule has 0 spiro atoms. The Hall–Kier alpha value is -4.31. The van der Waals surface area contributed by atoms with E-state index in [9.17, 15) is 9.90 Å². The van der Waals surface area contributed by atoms with E-state index in [1.165, 1.54) is 0 Å². The number of amides is 1. The maximum Gasteiger partial charge on any atom is 0.410 e. The average Bonchev–Trinajstić information content (AvgIpc) is 3.37. The van der Waals surface area contributed by atoms with E-state index in [2.05, 4.69) is 46.8 Å². The van der Waals surface area contributed by atoms with Gasteiger partial charge in [0.05, 0.1) is 16.8 Å². The highest BCUT2D eigenvalue weighted by atomic mass is 16.6. The van der Waals surface area contributed by atoms with Gasteiger partial charge in [-0.25, -0.2) is 4.79 Å². The molecule has 2 aromatic carbocycles. The van der Waals surface area contributed by atoms with Gasteiger partial charge in [0, 0.05) is 64.3 Å². The van der Waals surface area contributed by atoms with Gasteiger partial charge in [-0.15, -0.1) is 0 Å². The minimum Gasteiger partial charge on any atom is -0.493 e. The summed E-state index contributed by atoms with van der Waals surface area (Å²) in [5.74, 6) is 0.772. The van der Waals surface area contributed by atoms with Gasteiger partial charge >= 0.3 is 6.09 Å². The predicted molar refractivity (Wildman–Crippen MR) is 185 cm³/mol. The van der Waals surface area contributed by atoms with Crippen molar-refractivity contribution >= 4 is 22.7 Å². The highest BCUT2D eigenvalue weighted by molar-refractivity contribution is 6.01. The SMILES string of the molecule is Cn1nc(-c2ccc(O)nc2OCc2ccccc2)c2cccc(N3CCN(C[C@@H]4CCN(C(=O)OC(C)(C)C)CC4(C)C)CC3)c21. The second kappa shape index (κ2) is 13.1. The first-order chi connectivity index (χ1) is 22.4. The Morgan fingerprint density at radius 2 is 1.72 bits per heavy atom. The van der Waals surface area contributed by atoms with E-state index in [1.54, 1.807) is 6.07 Å². The normalized spacial score (nSPS) is 18.8. The maximum atomic E-state index is 12.7. The van der Waals surface area contributed by atoms with Gasteiger partial charge in [-0.2, -0.15) is 10.1 Å². The van der Waals surface area contributed by atoms with E-state index in [1.807, 2.05) is 73.8 Å². The van der Waals surface area contributed by atoms with E-state index in [0.717, 1.165) is 79.1 Å². The van der Waals surface area contributed by atoms with Crippen LogP contribution < -0.4 is 9.64 Å². The molecule has 4 aromatic rings. The van der Waals surface area contributed by atoms with Gasteiger partial charge in [-0.3, -0.25) is 9.58 Å². The number of likely N-dealkylation sites (tertiary alicyclic amines) is 1. The number of rotatable bonds is 7. The summed E-state index contributed by atoms with van der Waals surface area (Å²) >= 11 is 0. The fourth-order valence-electron chi connectivity index (χ4n) is 6.92. The number of carbonyl (C=O) groups is 1. The first-order valence-electron chi connectivity index (χ1n) is 16.7. The number of aryl methyl sites for hydroxylation is 1. The van der Waals surface area contributed by atoms with Crippen LogP contribution >= 0.6 is 0 Å². The third-order valence-electron chi connectivity index (χ3n) is 9.46. The smallest absolute Gasteiger partial charge is 0.410 e. The fraction of sp³-hybridized carbons (Fsp3) is 0.486. The lowest BCUT2D eigenvalue weighted by Gasteiger charge is -2.47. The van der Waals surface area contributed by atoms with Crippen LogP contribution in [0.2, 0.25) is 0 Å². The molecular formula is C37H48N6O4. The van der Waals surface area contributed by atoms with Crippen molar-refractivity contribution in [1.29, 1.82) is 0 Å². The van der Waals surface area contributed by atoms with E-state index in [-0.39, 0.29) is 17.4 Å². The number of ether oxygens (including phenoxy) is 2. The van der Waals surface area contributed by atoms with Crippen LogP contribution in [0.4, 0.5) is 10.5 Å². The minimum absolute atomic E-state index is 0.00967. The number of anilines is 1. The van der Waals surface area contributed by atoms with Crippen LogP contribution in [0.15, 0.2) is 60.7 Å². The van der Waals surface area contributed by atoms with E-state index in [4.69, 9.17) is 14.6 Å². The molecule has 2 fully saturated rings. The first-order valence-corrected chi connectivity index (χ1v) is 16.7. The molecule has 10 heteroatoms. The van der Waals surface area contributed by atoms with Gasteiger partial charge in [0.25, 0.3) is 0 Å². The summed E-state index contributed by atoms with van der Waals surface area (Å²) in [5, 5.41) is 16.2. The summed E-state index contributed by atoms with van der Waals surface area (Å²) in [4.78, 5) is 24.0. The van der Waals surface area contributed by atoms with Crippen LogP contribution in [0, 0.1) is 11.3 Å². The van der Waals surface area contributed by atoms with E-state index >= 15 is 0 Å². The summed E-state index contributed by atoms with van der Waals surface area (Å²) in [6.45, 7) is 16.9. The number of pyridine rings is 1. The third-order valence-corrected chi connectivity index (χ3v) is 9.46. The quantitative estimate of drug-likeness (QED) is 0.251. The number of aromatic nitrogens is 3. The minimum atomic E-state index is -0.484. The Balaban J connectivity index is 1.14. The molecule has 0 aliphatic carbocycles. The number of piperazine rings is 1. The molecule has 0 bridgehead atoms. The maximum absolute atomic E-state index is 12.7. The van der Waals surface area contributed by atoms with Crippen LogP contribution in [-0.2, 0) is 18.4 Å². The Morgan fingerprint density at radius 1 is 0.979 bits per heavy atom. The highest BCUT2D eigenvalue weighted by Crippen LogP contribution is 2.39. The standard InChI is InChI=1S/C37H48N6O4/c1-36(2,3)47-35(45)43-18-17-27(37(4,5)25-43)23-41-19-21-42(22-20-41)30-14-10-13-28-32(39-40(6)33(28)30)29-15-16-31(44)38-34(29)46-24-26-11-8-7-9-12-26/h7-16,27H,17-25H2,1-6H3,(H,38,44)/t27-/m0/s1. The average molecular weight is 641 g/mol. The van der Waals surface area contributed by atoms with Gasteiger partial charge in [0.2, 0.25) is 11.8 Å². The third kappa shape index (κ3) is 7.32. The Morgan fingerprint density at radius 3 is 2.43 bits per heavy atom. The molecule has 2 aliphatic rings. The number of carbonyl (C=O) groups excluding carboxylic acids is 1. The zero-order chi connectivity index (χ0) is 33.3. The van der Waals surface area contributed by atoms with Crippen molar-refractivity contribution in [2.24, 2.45) is 18.4 Å². The topological polar surface area (TPSA) is 96.2 Å². The number of hydrogen-bond donors (Lipinski definition) is 1. The van der Waals surface area contributed by atoms with Gasteiger partial charge in [0.15, 0.2) is 0 Å². The molecule has 1 amide bonds. The summed E-state index contributed by atoms with van der Waals surface area (Å²) in [6, 6.07) is 19.7. The molecule has 0 radical (unpaired) electrons. The van der Waals surface area contributed by atoms with Crippen molar-refractivity contribution in [3.05, 3.63) is 66.2 Å². The Bertz CT molecular complexity index is 1710. The van der Waals surface area contributed by atoms with Gasteiger partial charge in [-0.05, 0) is 56.2 Å². The lowest BCUT2D eigenvalue weighted by atomic mass is 9.73. The molecule has 10 nitrogen and oxygen atoms in total. The fourth-order valence-corrected chi connectivity index (χ4v) is 6.92. The zero-order valence-electron chi connectivity index (χ0n) is 28.6. The van der Waals surface area contributed by atoms with Crippen LogP contribution in [0.25, 0.3) is 22.2 Å². The lowest BCUT2D eigenvalue weighted by Crippen LogP contribution is -2.54. The van der Waals surface area contributed by atoms with E-state index in [0.29, 0.717) is 24.9 Å². The van der Waals surface area contributed by atoms with Crippen LogP contribution in [0.5, 0.6) is 11.8 Å². The summed E-state index contributed by atoms with van der Waals surface area (Å²) < 4.78 is 13.7. The number of benzene rings is 2. The molecule has 0 saturated carbocycles. The van der Waals surface area contributed by atoms with Crippen molar-refractivity contribution in [3.8, 4) is 23.0 Å². The van der Waals surface area contributed by atoms with Crippen molar-refractivity contribution in [2.75, 3.05) is 50.7 Å². The van der Waals surface area contributed by atoms with Crippen molar-refractivity contribution in [3.63, 3.8) is 0 Å². The predicted octanol–water partition coefficient (Wildman–Crippen LogP) is 6.33. The Kier molecular flexibility index (Phi) is 9.07. The molecule has 1 N–H and O–H groups in total. The van der Waals surface area contributed by atoms with Crippen molar-refractivity contribution in [2.45, 2.75) is 53.2 Å². The summed E-state index contributed by atoms with van der Waals surface area (Å²) in [5.41, 5.74) is 4.29. The van der Waals surface area contributed by atoms with Crippen LogP contribution in [0.3, 0.4) is 0 Å². The first kappa shape index (κ1) is 32.6. The van der Waals surface area contributed by atoms with Gasteiger partial charge in [-0.1, -0.05) is 56.3 Å². The monoisotopic (exact) mass is 640 g/mol. The number of para-hydroxylation sites is 1.